The number of piperazine rings is 1. The molecule has 1 aromatic carbocycles. The standard InChI is InChI=1S/C22H29FN4OS/c1-16-4-3-5-17(2)27(16)21(28)14-25-10-12-26(13-11-25)22-24-20(15-29-22)18-6-8-19(23)9-7-18/h6-9,15-17H,3-5,10-14H2,1-2H3/t16-,17+. The maximum absolute atomic E-state index is 13.1. The van der Waals surface area contributed by atoms with Gasteiger partial charge >= 0.3 is 0 Å². The van der Waals surface area contributed by atoms with Crippen LogP contribution in [0.5, 0.6) is 0 Å². The van der Waals surface area contributed by atoms with Crippen LogP contribution in [0.2, 0.25) is 0 Å². The van der Waals surface area contributed by atoms with E-state index < -0.39 is 0 Å². The van der Waals surface area contributed by atoms with Crippen molar-refractivity contribution in [3.63, 3.8) is 0 Å². The molecule has 4 rings (SSSR count). The van der Waals surface area contributed by atoms with Crippen molar-refractivity contribution in [1.82, 2.24) is 14.8 Å². The van der Waals surface area contributed by atoms with E-state index in [0.29, 0.717) is 18.6 Å². The molecule has 2 atom stereocenters. The van der Waals surface area contributed by atoms with Gasteiger partial charge in [0.05, 0.1) is 12.2 Å². The highest BCUT2D eigenvalue weighted by Gasteiger charge is 2.30. The molecule has 0 radical (unpaired) electrons. The van der Waals surface area contributed by atoms with Crippen LogP contribution < -0.4 is 4.90 Å². The minimum atomic E-state index is -0.233. The number of hydrogen-bond donors (Lipinski definition) is 0. The number of carbonyl (C=O) groups is 1. The highest BCUT2D eigenvalue weighted by molar-refractivity contribution is 7.14. The van der Waals surface area contributed by atoms with Crippen LogP contribution in [0.1, 0.15) is 33.1 Å². The number of likely N-dealkylation sites (tertiary alicyclic amines) is 1. The van der Waals surface area contributed by atoms with Crippen molar-refractivity contribution in [2.45, 2.75) is 45.2 Å². The van der Waals surface area contributed by atoms with Crippen LogP contribution in [0.25, 0.3) is 11.3 Å². The molecule has 3 heterocycles. The van der Waals surface area contributed by atoms with E-state index in [-0.39, 0.29) is 11.7 Å². The van der Waals surface area contributed by atoms with Crippen LogP contribution in [0.15, 0.2) is 29.6 Å². The molecule has 2 fully saturated rings. The highest BCUT2D eigenvalue weighted by Crippen LogP contribution is 2.28. The maximum Gasteiger partial charge on any atom is 0.237 e. The van der Waals surface area contributed by atoms with Crippen molar-refractivity contribution in [2.75, 3.05) is 37.6 Å². The second kappa shape index (κ2) is 8.79. The van der Waals surface area contributed by atoms with Gasteiger partial charge < -0.3 is 9.80 Å². The number of aromatic nitrogens is 1. The van der Waals surface area contributed by atoms with Gasteiger partial charge in [0, 0.05) is 49.2 Å². The van der Waals surface area contributed by atoms with E-state index >= 15 is 0 Å². The molecular formula is C22H29FN4OS. The first-order valence-electron chi connectivity index (χ1n) is 10.5. The summed E-state index contributed by atoms with van der Waals surface area (Å²) in [7, 11) is 0. The number of nitrogens with zero attached hydrogens (tertiary/aromatic N) is 4. The summed E-state index contributed by atoms with van der Waals surface area (Å²) in [6.45, 7) is 8.34. The molecule has 2 aliphatic rings. The molecule has 0 spiro atoms. The Balaban J connectivity index is 1.31. The zero-order valence-corrected chi connectivity index (χ0v) is 18.0. The van der Waals surface area contributed by atoms with Gasteiger partial charge in [-0.2, -0.15) is 0 Å². The number of hydrogen-bond acceptors (Lipinski definition) is 5. The largest absolute Gasteiger partial charge is 0.346 e. The Labute approximate surface area is 176 Å². The van der Waals surface area contributed by atoms with Crippen molar-refractivity contribution in [2.24, 2.45) is 0 Å². The number of piperidine rings is 1. The monoisotopic (exact) mass is 416 g/mol. The number of amides is 1. The van der Waals surface area contributed by atoms with E-state index in [4.69, 9.17) is 4.98 Å². The minimum absolute atomic E-state index is 0.233. The summed E-state index contributed by atoms with van der Waals surface area (Å²) in [5.41, 5.74) is 1.82. The molecule has 2 saturated heterocycles. The van der Waals surface area contributed by atoms with Gasteiger partial charge in [-0.3, -0.25) is 9.69 Å². The number of halogens is 1. The molecule has 1 aromatic heterocycles. The van der Waals surface area contributed by atoms with E-state index in [9.17, 15) is 9.18 Å². The molecule has 0 saturated carbocycles. The van der Waals surface area contributed by atoms with Crippen molar-refractivity contribution >= 4 is 22.4 Å². The molecular weight excluding hydrogens is 387 g/mol. The van der Waals surface area contributed by atoms with Crippen LogP contribution >= 0.6 is 11.3 Å². The third-order valence-corrected chi connectivity index (χ3v) is 7.02. The Morgan fingerprint density at radius 2 is 1.76 bits per heavy atom. The molecule has 1 amide bonds. The van der Waals surface area contributed by atoms with Gasteiger partial charge in [-0.1, -0.05) is 0 Å². The van der Waals surface area contributed by atoms with Crippen molar-refractivity contribution < 1.29 is 9.18 Å². The second-order valence-corrected chi connectivity index (χ2v) is 9.05. The minimum Gasteiger partial charge on any atom is -0.346 e. The van der Waals surface area contributed by atoms with E-state index in [1.165, 1.54) is 18.6 Å². The smallest absolute Gasteiger partial charge is 0.237 e. The summed E-state index contributed by atoms with van der Waals surface area (Å²) < 4.78 is 13.1. The maximum atomic E-state index is 13.1. The predicted octanol–water partition coefficient (Wildman–Crippen LogP) is 3.86. The van der Waals surface area contributed by atoms with E-state index in [0.717, 1.165) is 55.4 Å². The van der Waals surface area contributed by atoms with Gasteiger partial charge in [0.2, 0.25) is 5.91 Å². The fraction of sp³-hybridized carbons (Fsp3) is 0.545. The molecule has 29 heavy (non-hydrogen) atoms. The Morgan fingerprint density at radius 1 is 1.10 bits per heavy atom. The summed E-state index contributed by atoms with van der Waals surface area (Å²) in [6.07, 6.45) is 3.45. The van der Waals surface area contributed by atoms with Gasteiger partial charge in [-0.05, 0) is 57.4 Å². The average molecular weight is 417 g/mol. The third-order valence-electron chi connectivity index (χ3n) is 6.12. The lowest BCUT2D eigenvalue weighted by Crippen LogP contribution is -2.54. The normalized spacial score (nSPS) is 23.4. The Kier molecular flexibility index (Phi) is 6.15. The number of benzene rings is 1. The molecule has 2 aliphatic heterocycles. The number of anilines is 1. The van der Waals surface area contributed by atoms with Gasteiger partial charge in [-0.25, -0.2) is 9.37 Å². The topological polar surface area (TPSA) is 39.7 Å². The molecule has 0 bridgehead atoms. The molecule has 0 N–H and O–H groups in total. The zero-order valence-electron chi connectivity index (χ0n) is 17.2. The van der Waals surface area contributed by atoms with Crippen molar-refractivity contribution in [3.8, 4) is 11.3 Å². The lowest BCUT2D eigenvalue weighted by Gasteiger charge is -2.41. The lowest BCUT2D eigenvalue weighted by atomic mass is 9.97. The molecule has 7 heteroatoms. The fourth-order valence-electron chi connectivity index (χ4n) is 4.45. The van der Waals surface area contributed by atoms with Crippen LogP contribution in [-0.2, 0) is 4.79 Å². The zero-order chi connectivity index (χ0) is 20.4. The quantitative estimate of drug-likeness (QED) is 0.759. The van der Waals surface area contributed by atoms with Crippen LogP contribution in [0.3, 0.4) is 0 Å². The van der Waals surface area contributed by atoms with Crippen molar-refractivity contribution in [3.05, 3.63) is 35.5 Å². The molecule has 2 aromatic rings. The van der Waals surface area contributed by atoms with E-state index in [1.807, 2.05) is 5.38 Å². The first kappa shape index (κ1) is 20.3. The second-order valence-electron chi connectivity index (χ2n) is 8.22. The van der Waals surface area contributed by atoms with Gasteiger partial charge in [-0.15, -0.1) is 11.3 Å². The molecule has 5 nitrogen and oxygen atoms in total. The Morgan fingerprint density at radius 3 is 2.41 bits per heavy atom. The SMILES string of the molecule is C[C@@H]1CCC[C@H](C)N1C(=O)CN1CCN(c2nc(-c3ccc(F)cc3)cs2)CC1. The van der Waals surface area contributed by atoms with Gasteiger partial charge in [0.1, 0.15) is 5.82 Å². The van der Waals surface area contributed by atoms with E-state index in [2.05, 4.69) is 28.5 Å². The summed E-state index contributed by atoms with van der Waals surface area (Å²) >= 11 is 1.62. The number of rotatable bonds is 4. The predicted molar refractivity (Wildman–Crippen MR) is 116 cm³/mol. The Hall–Kier alpha value is -1.99. The summed E-state index contributed by atoms with van der Waals surface area (Å²) in [5, 5.41) is 3.02. The average Bonchev–Trinajstić information content (AvgIpc) is 3.19. The number of carbonyl (C=O) groups excluding carboxylic acids is 1. The number of thiazole rings is 1. The van der Waals surface area contributed by atoms with E-state index in [1.54, 1.807) is 23.5 Å². The first-order chi connectivity index (χ1) is 14.0. The van der Waals surface area contributed by atoms with Gasteiger partial charge in [0.25, 0.3) is 0 Å². The van der Waals surface area contributed by atoms with Gasteiger partial charge in [0.15, 0.2) is 5.13 Å². The lowest BCUT2D eigenvalue weighted by molar-refractivity contribution is -0.138. The van der Waals surface area contributed by atoms with Crippen LogP contribution in [0.4, 0.5) is 9.52 Å². The highest BCUT2D eigenvalue weighted by atomic mass is 32.1. The summed E-state index contributed by atoms with van der Waals surface area (Å²) in [5.74, 6) is 0.0363. The Bertz CT molecular complexity index is 822. The summed E-state index contributed by atoms with van der Waals surface area (Å²) in [6, 6.07) is 7.17. The van der Waals surface area contributed by atoms with Crippen LogP contribution in [-0.4, -0.2) is 65.5 Å². The molecule has 0 aliphatic carbocycles. The molecule has 0 unspecified atom stereocenters. The third kappa shape index (κ3) is 4.61. The fourth-order valence-corrected chi connectivity index (χ4v) is 5.33. The molecule has 156 valence electrons. The first-order valence-corrected chi connectivity index (χ1v) is 11.4. The van der Waals surface area contributed by atoms with Crippen molar-refractivity contribution in [1.29, 1.82) is 0 Å². The van der Waals surface area contributed by atoms with Crippen LogP contribution in [0, 0.1) is 5.82 Å². The summed E-state index contributed by atoms with van der Waals surface area (Å²) in [4.78, 5) is 24.2.